The molecular formula is C24H26O2. The van der Waals surface area contributed by atoms with Gasteiger partial charge in [0.25, 0.3) is 0 Å². The van der Waals surface area contributed by atoms with Crippen LogP contribution in [0.25, 0.3) is 0 Å². The summed E-state index contributed by atoms with van der Waals surface area (Å²) in [6.45, 7) is 4.21. The van der Waals surface area contributed by atoms with Gasteiger partial charge >= 0.3 is 0 Å². The summed E-state index contributed by atoms with van der Waals surface area (Å²) in [5, 5.41) is 0. The fourth-order valence-electron chi connectivity index (χ4n) is 4.73. The Morgan fingerprint density at radius 3 is 2.08 bits per heavy atom. The molecule has 0 N–H and O–H groups in total. The number of hydrogen-bond donors (Lipinski definition) is 0. The number of fused-ring (bicyclic) bond motifs is 2. The van der Waals surface area contributed by atoms with Gasteiger partial charge in [0, 0.05) is 22.3 Å². The number of rotatable bonds is 3. The SMILES string of the molecule is CCCC1CCC(c2ccc3c(c2)C(=O)c2ccc(C)cc2C3=O)CC1. The molecule has 0 saturated heterocycles. The van der Waals surface area contributed by atoms with E-state index in [1.807, 2.05) is 31.2 Å². The predicted octanol–water partition coefficient (Wildman–Crippen LogP) is 5.84. The van der Waals surface area contributed by atoms with E-state index in [0.717, 1.165) is 11.5 Å². The number of ketones is 2. The maximum absolute atomic E-state index is 13.0. The Morgan fingerprint density at radius 1 is 0.808 bits per heavy atom. The van der Waals surface area contributed by atoms with Crippen molar-refractivity contribution in [1.82, 2.24) is 0 Å². The minimum Gasteiger partial charge on any atom is -0.289 e. The first-order valence-electron chi connectivity index (χ1n) is 9.92. The van der Waals surface area contributed by atoms with Crippen LogP contribution in [0.1, 0.15) is 94.3 Å². The standard InChI is InChI=1S/C24H26O2/c1-3-4-16-6-8-17(9-7-16)18-10-12-20-22(14-18)24(26)19-11-5-15(2)13-21(19)23(20)25/h5,10-14,16-17H,3-4,6-9H2,1-2H3. The normalized spacial score (nSPS) is 22.1. The number of aryl methyl sites for hydroxylation is 1. The van der Waals surface area contributed by atoms with Gasteiger partial charge in [0.15, 0.2) is 11.6 Å². The van der Waals surface area contributed by atoms with E-state index in [0.29, 0.717) is 28.2 Å². The third-order valence-electron chi connectivity index (χ3n) is 6.21. The van der Waals surface area contributed by atoms with Gasteiger partial charge in [-0.05, 0) is 62.1 Å². The molecule has 0 radical (unpaired) electrons. The second-order valence-electron chi connectivity index (χ2n) is 8.02. The van der Waals surface area contributed by atoms with Crippen molar-refractivity contribution in [2.24, 2.45) is 5.92 Å². The van der Waals surface area contributed by atoms with Gasteiger partial charge in [0.05, 0.1) is 0 Å². The van der Waals surface area contributed by atoms with E-state index in [9.17, 15) is 9.59 Å². The van der Waals surface area contributed by atoms with E-state index in [1.165, 1.54) is 44.1 Å². The Kier molecular flexibility index (Phi) is 4.52. The lowest BCUT2D eigenvalue weighted by molar-refractivity contribution is 0.0979. The monoisotopic (exact) mass is 346 g/mol. The second kappa shape index (κ2) is 6.83. The van der Waals surface area contributed by atoms with E-state index < -0.39 is 0 Å². The molecular weight excluding hydrogens is 320 g/mol. The van der Waals surface area contributed by atoms with E-state index >= 15 is 0 Å². The summed E-state index contributed by atoms with van der Waals surface area (Å²) in [5.74, 6) is 1.37. The molecule has 0 atom stereocenters. The molecule has 2 nitrogen and oxygen atoms in total. The van der Waals surface area contributed by atoms with Crippen LogP contribution in [-0.4, -0.2) is 11.6 Å². The topological polar surface area (TPSA) is 34.1 Å². The van der Waals surface area contributed by atoms with Gasteiger partial charge in [-0.2, -0.15) is 0 Å². The molecule has 2 aromatic carbocycles. The molecule has 0 heterocycles. The van der Waals surface area contributed by atoms with E-state index in [-0.39, 0.29) is 11.6 Å². The van der Waals surface area contributed by atoms with Crippen molar-refractivity contribution in [1.29, 1.82) is 0 Å². The van der Waals surface area contributed by atoms with Crippen molar-refractivity contribution in [2.75, 3.05) is 0 Å². The summed E-state index contributed by atoms with van der Waals surface area (Å²) in [4.78, 5) is 25.8. The largest absolute Gasteiger partial charge is 0.289 e. The fraction of sp³-hybridized carbons (Fsp3) is 0.417. The third kappa shape index (κ3) is 2.92. The van der Waals surface area contributed by atoms with Crippen LogP contribution in [0, 0.1) is 12.8 Å². The van der Waals surface area contributed by atoms with Gasteiger partial charge in [-0.3, -0.25) is 9.59 Å². The number of carbonyl (C=O) groups is 2. The summed E-state index contributed by atoms with van der Waals surface area (Å²) in [6.07, 6.45) is 7.56. The molecule has 0 amide bonds. The summed E-state index contributed by atoms with van der Waals surface area (Å²) < 4.78 is 0. The molecule has 1 fully saturated rings. The Hall–Kier alpha value is -2.22. The molecule has 2 aromatic rings. The van der Waals surface area contributed by atoms with Gasteiger partial charge in [0.2, 0.25) is 0 Å². The maximum atomic E-state index is 13.0. The van der Waals surface area contributed by atoms with E-state index in [1.54, 1.807) is 6.07 Å². The smallest absolute Gasteiger partial charge is 0.194 e. The van der Waals surface area contributed by atoms with Crippen LogP contribution in [0.4, 0.5) is 0 Å². The highest BCUT2D eigenvalue weighted by Crippen LogP contribution is 2.39. The molecule has 0 aliphatic heterocycles. The Bertz CT molecular complexity index is 870. The van der Waals surface area contributed by atoms with E-state index in [4.69, 9.17) is 0 Å². The lowest BCUT2D eigenvalue weighted by atomic mass is 9.75. The Labute approximate surface area is 155 Å². The van der Waals surface area contributed by atoms with Crippen molar-refractivity contribution >= 4 is 11.6 Å². The lowest BCUT2D eigenvalue weighted by Crippen LogP contribution is -2.22. The van der Waals surface area contributed by atoms with Crippen molar-refractivity contribution in [3.63, 3.8) is 0 Å². The minimum absolute atomic E-state index is 0.00359. The van der Waals surface area contributed by atoms with Crippen LogP contribution in [0.2, 0.25) is 0 Å². The van der Waals surface area contributed by atoms with Crippen molar-refractivity contribution in [2.45, 2.75) is 58.3 Å². The average Bonchev–Trinajstić information content (AvgIpc) is 2.66. The minimum atomic E-state index is -0.0171. The summed E-state index contributed by atoms with van der Waals surface area (Å²) in [5.41, 5.74) is 4.51. The van der Waals surface area contributed by atoms with Crippen molar-refractivity contribution < 1.29 is 9.59 Å². The average molecular weight is 346 g/mol. The van der Waals surface area contributed by atoms with Crippen LogP contribution < -0.4 is 0 Å². The zero-order valence-electron chi connectivity index (χ0n) is 15.7. The zero-order valence-corrected chi connectivity index (χ0v) is 15.7. The first kappa shape index (κ1) is 17.2. The van der Waals surface area contributed by atoms with Crippen LogP contribution in [0.15, 0.2) is 36.4 Å². The quantitative estimate of drug-likeness (QED) is 0.596. The third-order valence-corrected chi connectivity index (χ3v) is 6.21. The molecule has 2 aliphatic carbocycles. The van der Waals surface area contributed by atoms with Gasteiger partial charge in [0.1, 0.15) is 0 Å². The fourth-order valence-corrected chi connectivity index (χ4v) is 4.73. The van der Waals surface area contributed by atoms with Gasteiger partial charge in [-0.25, -0.2) is 0 Å². The summed E-state index contributed by atoms with van der Waals surface area (Å²) in [6, 6.07) is 11.5. The van der Waals surface area contributed by atoms with Crippen molar-refractivity contribution in [3.8, 4) is 0 Å². The summed E-state index contributed by atoms with van der Waals surface area (Å²) >= 11 is 0. The molecule has 2 heteroatoms. The molecule has 4 rings (SSSR count). The first-order valence-corrected chi connectivity index (χ1v) is 9.92. The maximum Gasteiger partial charge on any atom is 0.194 e. The molecule has 26 heavy (non-hydrogen) atoms. The lowest BCUT2D eigenvalue weighted by Gasteiger charge is -2.29. The van der Waals surface area contributed by atoms with Crippen molar-refractivity contribution in [3.05, 3.63) is 69.8 Å². The van der Waals surface area contributed by atoms with Crippen LogP contribution >= 0.6 is 0 Å². The van der Waals surface area contributed by atoms with Gasteiger partial charge < -0.3 is 0 Å². The van der Waals surface area contributed by atoms with Crippen LogP contribution in [0.3, 0.4) is 0 Å². The van der Waals surface area contributed by atoms with Gasteiger partial charge in [-0.1, -0.05) is 49.6 Å². The number of carbonyl (C=O) groups excluding carboxylic acids is 2. The molecule has 1 saturated carbocycles. The van der Waals surface area contributed by atoms with Crippen LogP contribution in [-0.2, 0) is 0 Å². The number of benzene rings is 2. The molecule has 134 valence electrons. The Balaban J connectivity index is 1.64. The molecule has 0 spiro atoms. The summed E-state index contributed by atoms with van der Waals surface area (Å²) in [7, 11) is 0. The van der Waals surface area contributed by atoms with E-state index in [2.05, 4.69) is 13.0 Å². The second-order valence-corrected chi connectivity index (χ2v) is 8.02. The highest BCUT2D eigenvalue weighted by Gasteiger charge is 2.31. The van der Waals surface area contributed by atoms with Gasteiger partial charge in [-0.15, -0.1) is 0 Å². The van der Waals surface area contributed by atoms with Crippen LogP contribution in [0.5, 0.6) is 0 Å². The molecule has 0 bridgehead atoms. The molecule has 2 aliphatic rings. The highest BCUT2D eigenvalue weighted by atomic mass is 16.1. The molecule has 0 unspecified atom stereocenters. The number of hydrogen-bond acceptors (Lipinski definition) is 2. The Morgan fingerprint density at radius 2 is 1.42 bits per heavy atom. The highest BCUT2D eigenvalue weighted by molar-refractivity contribution is 6.28. The predicted molar refractivity (Wildman–Crippen MR) is 104 cm³/mol. The zero-order chi connectivity index (χ0) is 18.3. The molecule has 0 aromatic heterocycles. The first-order chi connectivity index (χ1) is 12.6.